The first-order valence-electron chi connectivity index (χ1n) is 6.35. The summed E-state index contributed by atoms with van der Waals surface area (Å²) >= 11 is 0. The molecule has 1 aromatic carbocycles. The first kappa shape index (κ1) is 11.5. The predicted octanol–water partition coefficient (Wildman–Crippen LogP) is 1.70. The van der Waals surface area contributed by atoms with Crippen molar-refractivity contribution >= 4 is 5.91 Å². The van der Waals surface area contributed by atoms with Gasteiger partial charge in [0, 0.05) is 11.5 Å². The van der Waals surface area contributed by atoms with Crippen LogP contribution >= 0.6 is 0 Å². The van der Waals surface area contributed by atoms with Gasteiger partial charge in [0.2, 0.25) is 0 Å². The van der Waals surface area contributed by atoms with E-state index in [4.69, 9.17) is 9.47 Å². The Morgan fingerprint density at radius 1 is 1.33 bits per heavy atom. The molecule has 3 rings (SSSR count). The van der Waals surface area contributed by atoms with E-state index in [-0.39, 0.29) is 18.1 Å². The van der Waals surface area contributed by atoms with Gasteiger partial charge >= 0.3 is 0 Å². The average Bonchev–Trinajstić information content (AvgIpc) is 2.60. The van der Waals surface area contributed by atoms with E-state index in [1.807, 2.05) is 25.1 Å². The second-order valence-corrected chi connectivity index (χ2v) is 5.04. The van der Waals surface area contributed by atoms with E-state index < -0.39 is 0 Å². The summed E-state index contributed by atoms with van der Waals surface area (Å²) in [5.74, 6) is 1.01. The Morgan fingerprint density at radius 3 is 2.78 bits per heavy atom. The summed E-state index contributed by atoms with van der Waals surface area (Å²) in [4.78, 5) is 12.2. The van der Waals surface area contributed by atoms with Crippen LogP contribution in [0, 0.1) is 0 Å². The molecule has 2 aliphatic rings. The molecule has 4 nitrogen and oxygen atoms in total. The van der Waals surface area contributed by atoms with Gasteiger partial charge in [0.1, 0.15) is 11.9 Å². The molecule has 1 saturated heterocycles. The Kier molecular flexibility index (Phi) is 2.74. The Hall–Kier alpha value is -1.55. The van der Waals surface area contributed by atoms with Gasteiger partial charge in [0.05, 0.1) is 24.8 Å². The van der Waals surface area contributed by atoms with Gasteiger partial charge < -0.3 is 14.8 Å². The molecule has 2 heterocycles. The summed E-state index contributed by atoms with van der Waals surface area (Å²) < 4.78 is 10.9. The van der Waals surface area contributed by atoms with Crippen molar-refractivity contribution < 1.29 is 14.3 Å². The molecule has 0 saturated carbocycles. The topological polar surface area (TPSA) is 47.6 Å². The van der Waals surface area contributed by atoms with Crippen LogP contribution in [0.25, 0.3) is 0 Å². The molecule has 18 heavy (non-hydrogen) atoms. The molecule has 96 valence electrons. The lowest BCUT2D eigenvalue weighted by molar-refractivity contribution is -0.00351. The molecular weight excluding hydrogens is 230 g/mol. The maximum Gasteiger partial charge on any atom is 0.255 e. The molecule has 0 spiro atoms. The van der Waals surface area contributed by atoms with Crippen LogP contribution in [0.1, 0.15) is 35.7 Å². The molecule has 2 atom stereocenters. The fourth-order valence-electron chi connectivity index (χ4n) is 2.35. The molecule has 1 N–H and O–H groups in total. The number of nitrogens with one attached hydrogen (secondary N) is 1. The quantitative estimate of drug-likeness (QED) is 0.865. The Morgan fingerprint density at radius 2 is 2.11 bits per heavy atom. The van der Waals surface area contributed by atoms with Crippen molar-refractivity contribution in [2.24, 2.45) is 0 Å². The third-order valence-electron chi connectivity index (χ3n) is 3.76. The molecule has 0 radical (unpaired) electrons. The zero-order chi connectivity index (χ0) is 12.7. The summed E-state index contributed by atoms with van der Waals surface area (Å²) in [7, 11) is 0. The molecule has 2 aliphatic heterocycles. The third kappa shape index (κ3) is 1.77. The number of carbonyl (C=O) groups excluding carboxylic acids is 1. The molecule has 1 fully saturated rings. The highest BCUT2D eigenvalue weighted by atomic mass is 16.5. The zero-order valence-electron chi connectivity index (χ0n) is 10.6. The maximum atomic E-state index is 12.2. The first-order chi connectivity index (χ1) is 8.66. The smallest absolute Gasteiger partial charge is 0.255 e. The van der Waals surface area contributed by atoms with E-state index in [1.165, 1.54) is 0 Å². The Balaban J connectivity index is 1.87. The van der Waals surface area contributed by atoms with E-state index >= 15 is 0 Å². The van der Waals surface area contributed by atoms with E-state index in [1.54, 1.807) is 0 Å². The Labute approximate surface area is 106 Å². The number of amides is 1. The van der Waals surface area contributed by atoms with E-state index in [2.05, 4.69) is 12.2 Å². The lowest BCUT2D eigenvalue weighted by Gasteiger charge is -2.27. The maximum absolute atomic E-state index is 12.2. The molecule has 0 aromatic heterocycles. The number of carbonyl (C=O) groups is 1. The van der Waals surface area contributed by atoms with Crippen LogP contribution in [0.4, 0.5) is 0 Å². The highest BCUT2D eigenvalue weighted by molar-refractivity contribution is 5.97. The number of fused-ring (bicyclic) bond motifs is 1. The van der Waals surface area contributed by atoms with Crippen LogP contribution in [-0.4, -0.2) is 31.3 Å². The highest BCUT2D eigenvalue weighted by Crippen LogP contribution is 2.40. The molecule has 4 heteroatoms. The largest absolute Gasteiger partial charge is 0.489 e. The molecule has 1 amide bonds. The number of hydrogen-bond donors (Lipinski definition) is 1. The normalized spacial score (nSPS) is 26.1. The van der Waals surface area contributed by atoms with Crippen LogP contribution < -0.4 is 10.1 Å². The summed E-state index contributed by atoms with van der Waals surface area (Å²) in [6.07, 6.45) is 0.126. The van der Waals surface area contributed by atoms with Crippen molar-refractivity contribution in [3.05, 3.63) is 29.3 Å². The second kappa shape index (κ2) is 4.28. The van der Waals surface area contributed by atoms with Crippen molar-refractivity contribution in [3.63, 3.8) is 0 Å². The molecule has 0 aliphatic carbocycles. The van der Waals surface area contributed by atoms with Crippen LogP contribution in [0.15, 0.2) is 18.2 Å². The van der Waals surface area contributed by atoms with Gasteiger partial charge in [-0.05, 0) is 13.0 Å². The van der Waals surface area contributed by atoms with Crippen LogP contribution in [-0.2, 0) is 4.74 Å². The lowest BCUT2D eigenvalue weighted by atomic mass is 9.96. The number of benzene rings is 1. The van der Waals surface area contributed by atoms with E-state index in [9.17, 15) is 4.79 Å². The second-order valence-electron chi connectivity index (χ2n) is 5.04. The number of rotatable bonds is 2. The van der Waals surface area contributed by atoms with Gasteiger partial charge in [-0.25, -0.2) is 0 Å². The van der Waals surface area contributed by atoms with Gasteiger partial charge in [-0.15, -0.1) is 0 Å². The summed E-state index contributed by atoms with van der Waals surface area (Å²) in [5.41, 5.74) is 1.76. The number of para-hydroxylation sites is 1. The summed E-state index contributed by atoms with van der Waals surface area (Å²) in [5, 5.41) is 2.95. The highest BCUT2D eigenvalue weighted by Gasteiger charge is 2.32. The fraction of sp³-hybridized carbons (Fsp3) is 0.500. The lowest BCUT2D eigenvalue weighted by Crippen LogP contribution is -2.48. The fourth-order valence-corrected chi connectivity index (χ4v) is 2.35. The number of hydrogen-bond acceptors (Lipinski definition) is 3. The van der Waals surface area contributed by atoms with Crippen LogP contribution in [0.5, 0.6) is 5.75 Å². The molecule has 1 aromatic rings. The summed E-state index contributed by atoms with van der Waals surface area (Å²) in [6, 6.07) is 5.92. The minimum Gasteiger partial charge on any atom is -0.489 e. The molecule has 2 unspecified atom stereocenters. The van der Waals surface area contributed by atoms with Gasteiger partial charge in [0.25, 0.3) is 5.91 Å². The minimum atomic E-state index is -0.0681. The van der Waals surface area contributed by atoms with Gasteiger partial charge in [-0.3, -0.25) is 4.79 Å². The first-order valence-corrected chi connectivity index (χ1v) is 6.35. The number of ether oxygens (including phenoxy) is 2. The van der Waals surface area contributed by atoms with Crippen LogP contribution in [0.3, 0.4) is 0 Å². The molecule has 0 bridgehead atoms. The Bertz CT molecular complexity index is 482. The van der Waals surface area contributed by atoms with E-state index in [0.29, 0.717) is 24.7 Å². The third-order valence-corrected chi connectivity index (χ3v) is 3.76. The minimum absolute atomic E-state index is 0.0681. The average molecular weight is 247 g/mol. The van der Waals surface area contributed by atoms with Crippen LogP contribution in [0.2, 0.25) is 0 Å². The standard InChI is InChI=1S/C14H17NO3/c1-8-9(2)18-13-11(8)4-3-5-12(13)14(16)15-10-6-17-7-10/h3-5,8-10H,6-7H2,1-2H3,(H,15,16). The van der Waals surface area contributed by atoms with Crippen molar-refractivity contribution in [1.82, 2.24) is 5.32 Å². The van der Waals surface area contributed by atoms with Crippen molar-refractivity contribution in [3.8, 4) is 5.75 Å². The zero-order valence-corrected chi connectivity index (χ0v) is 10.6. The van der Waals surface area contributed by atoms with Gasteiger partial charge in [-0.1, -0.05) is 19.1 Å². The van der Waals surface area contributed by atoms with Gasteiger partial charge in [0.15, 0.2) is 0 Å². The van der Waals surface area contributed by atoms with Crippen molar-refractivity contribution in [2.45, 2.75) is 31.9 Å². The molecular formula is C14H17NO3. The van der Waals surface area contributed by atoms with Crippen molar-refractivity contribution in [2.75, 3.05) is 13.2 Å². The van der Waals surface area contributed by atoms with Gasteiger partial charge in [-0.2, -0.15) is 0 Å². The van der Waals surface area contributed by atoms with E-state index in [0.717, 1.165) is 11.3 Å². The van der Waals surface area contributed by atoms with Crippen molar-refractivity contribution in [1.29, 1.82) is 0 Å². The monoisotopic (exact) mass is 247 g/mol. The predicted molar refractivity (Wildman–Crippen MR) is 67.0 cm³/mol. The SMILES string of the molecule is CC1Oc2c(C(=O)NC3COC3)cccc2C1C. The summed E-state index contributed by atoms with van der Waals surface area (Å²) in [6.45, 7) is 5.37.